The zero-order chi connectivity index (χ0) is 14.9. The van der Waals surface area contributed by atoms with Gasteiger partial charge in [-0.1, -0.05) is 13.8 Å². The van der Waals surface area contributed by atoms with Crippen molar-refractivity contribution in [2.45, 2.75) is 45.8 Å². The lowest BCUT2D eigenvalue weighted by molar-refractivity contribution is -0.0530. The van der Waals surface area contributed by atoms with Crippen LogP contribution in [0.15, 0.2) is 6.07 Å². The highest BCUT2D eigenvalue weighted by molar-refractivity contribution is 5.88. The molecule has 1 N–H and O–H groups in total. The van der Waals surface area contributed by atoms with Crippen LogP contribution in [0.4, 0.5) is 10.6 Å². The number of aryl methyl sites for hydroxylation is 1. The van der Waals surface area contributed by atoms with Crippen molar-refractivity contribution in [3.8, 4) is 0 Å². The standard InChI is InChI=1S/C14H24N4O2/c1-9(2)12-6-13(17(5)16-12)15-14(19)18-7-10(3)20-11(4)8-18/h6,9-11H,7-8H2,1-5H3,(H,15,19)/t10-,11+. The Morgan fingerprint density at radius 1 is 1.40 bits per heavy atom. The summed E-state index contributed by atoms with van der Waals surface area (Å²) in [4.78, 5) is 14.1. The number of ether oxygens (including phenoxy) is 1. The molecule has 2 atom stereocenters. The van der Waals surface area contributed by atoms with Gasteiger partial charge in [-0.3, -0.25) is 10.00 Å². The number of amides is 2. The second-order valence-corrected chi connectivity index (χ2v) is 5.83. The molecule has 0 aromatic carbocycles. The predicted octanol–water partition coefficient (Wildman–Crippen LogP) is 2.18. The number of hydrogen-bond donors (Lipinski definition) is 1. The van der Waals surface area contributed by atoms with Gasteiger partial charge < -0.3 is 9.64 Å². The molecule has 2 heterocycles. The molecule has 2 amide bonds. The summed E-state index contributed by atoms with van der Waals surface area (Å²) in [6, 6.07) is 1.83. The Morgan fingerprint density at radius 2 is 2.00 bits per heavy atom. The van der Waals surface area contributed by atoms with Gasteiger partial charge in [-0.15, -0.1) is 0 Å². The molecule has 1 aromatic rings. The minimum absolute atomic E-state index is 0.0715. The molecule has 0 spiro atoms. The van der Waals surface area contributed by atoms with Crippen LogP contribution in [0.25, 0.3) is 0 Å². The number of morpholine rings is 1. The Morgan fingerprint density at radius 3 is 2.50 bits per heavy atom. The zero-order valence-electron chi connectivity index (χ0n) is 12.9. The van der Waals surface area contributed by atoms with E-state index < -0.39 is 0 Å². The molecule has 2 rings (SSSR count). The highest BCUT2D eigenvalue weighted by Gasteiger charge is 2.26. The SMILES string of the molecule is CC(C)c1cc(NC(=O)N2C[C@@H](C)O[C@@H](C)C2)n(C)n1. The van der Waals surface area contributed by atoms with Crippen LogP contribution in [-0.4, -0.2) is 46.0 Å². The lowest BCUT2D eigenvalue weighted by atomic mass is 10.1. The molecule has 0 aliphatic carbocycles. The number of nitrogens with zero attached hydrogens (tertiary/aromatic N) is 3. The van der Waals surface area contributed by atoms with Crippen LogP contribution in [0, 0.1) is 0 Å². The fourth-order valence-corrected chi connectivity index (χ4v) is 2.42. The molecule has 6 nitrogen and oxygen atoms in total. The molecule has 0 radical (unpaired) electrons. The Bertz CT molecular complexity index is 474. The molecular formula is C14H24N4O2. The molecule has 1 saturated heterocycles. The summed E-state index contributed by atoms with van der Waals surface area (Å²) in [5.74, 6) is 1.07. The quantitative estimate of drug-likeness (QED) is 0.903. The van der Waals surface area contributed by atoms with Crippen LogP contribution < -0.4 is 5.32 Å². The van der Waals surface area contributed by atoms with E-state index in [4.69, 9.17) is 4.74 Å². The van der Waals surface area contributed by atoms with Gasteiger partial charge in [0.25, 0.3) is 0 Å². The van der Waals surface area contributed by atoms with Crippen molar-refractivity contribution in [1.29, 1.82) is 0 Å². The number of carbonyl (C=O) groups excluding carboxylic acids is 1. The average molecular weight is 280 g/mol. The summed E-state index contributed by atoms with van der Waals surface area (Å²) >= 11 is 0. The first-order valence-electron chi connectivity index (χ1n) is 7.12. The van der Waals surface area contributed by atoms with Gasteiger partial charge >= 0.3 is 6.03 Å². The third-order valence-corrected chi connectivity index (χ3v) is 3.43. The van der Waals surface area contributed by atoms with Crippen LogP contribution in [0.1, 0.15) is 39.3 Å². The minimum atomic E-state index is -0.0923. The van der Waals surface area contributed by atoms with Crippen molar-refractivity contribution in [1.82, 2.24) is 14.7 Å². The van der Waals surface area contributed by atoms with Crippen LogP contribution in [0.2, 0.25) is 0 Å². The Labute approximate surface area is 120 Å². The largest absolute Gasteiger partial charge is 0.372 e. The number of nitrogens with one attached hydrogen (secondary N) is 1. The second-order valence-electron chi connectivity index (χ2n) is 5.83. The van der Waals surface area contributed by atoms with E-state index in [1.165, 1.54) is 0 Å². The first kappa shape index (κ1) is 14.8. The van der Waals surface area contributed by atoms with E-state index in [0.717, 1.165) is 11.5 Å². The number of rotatable bonds is 2. The van der Waals surface area contributed by atoms with E-state index in [2.05, 4.69) is 24.3 Å². The van der Waals surface area contributed by atoms with Crippen molar-refractivity contribution in [2.75, 3.05) is 18.4 Å². The predicted molar refractivity (Wildman–Crippen MR) is 77.9 cm³/mol. The molecule has 112 valence electrons. The summed E-state index contributed by atoms with van der Waals surface area (Å²) in [6.07, 6.45) is 0.143. The van der Waals surface area contributed by atoms with Crippen molar-refractivity contribution in [3.05, 3.63) is 11.8 Å². The average Bonchev–Trinajstić information content (AvgIpc) is 2.70. The number of urea groups is 1. The second kappa shape index (κ2) is 5.83. The molecule has 0 unspecified atom stereocenters. The van der Waals surface area contributed by atoms with Crippen LogP contribution in [0.3, 0.4) is 0 Å². The highest BCUT2D eigenvalue weighted by Crippen LogP contribution is 2.18. The topological polar surface area (TPSA) is 59.4 Å². The van der Waals surface area contributed by atoms with Gasteiger partial charge in [0.15, 0.2) is 0 Å². The Kier molecular flexibility index (Phi) is 4.32. The molecule has 1 aliphatic heterocycles. The fourth-order valence-electron chi connectivity index (χ4n) is 2.42. The maximum atomic E-state index is 12.3. The summed E-state index contributed by atoms with van der Waals surface area (Å²) in [5.41, 5.74) is 0.978. The fraction of sp³-hybridized carbons (Fsp3) is 0.714. The molecule has 1 aromatic heterocycles. The summed E-state index contributed by atoms with van der Waals surface area (Å²) in [6.45, 7) is 9.36. The van der Waals surface area contributed by atoms with E-state index in [9.17, 15) is 4.79 Å². The zero-order valence-corrected chi connectivity index (χ0v) is 12.9. The van der Waals surface area contributed by atoms with E-state index in [1.807, 2.05) is 27.0 Å². The van der Waals surface area contributed by atoms with Gasteiger partial charge in [-0.2, -0.15) is 5.10 Å². The maximum absolute atomic E-state index is 12.3. The van der Waals surface area contributed by atoms with Gasteiger partial charge in [-0.25, -0.2) is 4.79 Å². The molecular weight excluding hydrogens is 256 g/mol. The smallest absolute Gasteiger partial charge is 0.323 e. The van der Waals surface area contributed by atoms with Crippen LogP contribution >= 0.6 is 0 Å². The number of aromatic nitrogens is 2. The minimum Gasteiger partial charge on any atom is -0.372 e. The Balaban J connectivity index is 2.04. The normalized spacial score (nSPS) is 23.2. The lowest BCUT2D eigenvalue weighted by Gasteiger charge is -2.35. The molecule has 1 aliphatic rings. The van der Waals surface area contributed by atoms with Gasteiger partial charge in [0.2, 0.25) is 0 Å². The molecule has 6 heteroatoms. The summed E-state index contributed by atoms with van der Waals surface area (Å²) in [5, 5.41) is 7.33. The number of hydrogen-bond acceptors (Lipinski definition) is 3. The number of anilines is 1. The maximum Gasteiger partial charge on any atom is 0.323 e. The monoisotopic (exact) mass is 280 g/mol. The van der Waals surface area contributed by atoms with Crippen molar-refractivity contribution in [2.24, 2.45) is 7.05 Å². The van der Waals surface area contributed by atoms with E-state index in [0.29, 0.717) is 19.0 Å². The summed E-state index contributed by atoms with van der Waals surface area (Å²) in [7, 11) is 1.84. The van der Waals surface area contributed by atoms with Gasteiger partial charge in [-0.05, 0) is 19.8 Å². The van der Waals surface area contributed by atoms with E-state index in [-0.39, 0.29) is 18.2 Å². The lowest BCUT2D eigenvalue weighted by Crippen LogP contribution is -2.49. The van der Waals surface area contributed by atoms with Crippen LogP contribution in [-0.2, 0) is 11.8 Å². The molecule has 20 heavy (non-hydrogen) atoms. The molecule has 0 saturated carbocycles. The van der Waals surface area contributed by atoms with E-state index >= 15 is 0 Å². The summed E-state index contributed by atoms with van der Waals surface area (Å²) < 4.78 is 7.35. The first-order valence-corrected chi connectivity index (χ1v) is 7.12. The molecule has 1 fully saturated rings. The third kappa shape index (κ3) is 3.30. The Hall–Kier alpha value is -1.56. The highest BCUT2D eigenvalue weighted by atomic mass is 16.5. The van der Waals surface area contributed by atoms with Crippen molar-refractivity contribution >= 4 is 11.8 Å². The van der Waals surface area contributed by atoms with Crippen LogP contribution in [0.5, 0.6) is 0 Å². The first-order chi connectivity index (χ1) is 9.36. The van der Waals surface area contributed by atoms with Gasteiger partial charge in [0, 0.05) is 26.2 Å². The third-order valence-electron chi connectivity index (χ3n) is 3.43. The van der Waals surface area contributed by atoms with Gasteiger partial charge in [0.1, 0.15) is 5.82 Å². The van der Waals surface area contributed by atoms with Gasteiger partial charge in [0.05, 0.1) is 17.9 Å². The number of carbonyl (C=O) groups is 1. The molecule has 0 bridgehead atoms. The van der Waals surface area contributed by atoms with E-state index in [1.54, 1.807) is 9.58 Å². The van der Waals surface area contributed by atoms with Crippen molar-refractivity contribution in [3.63, 3.8) is 0 Å². The van der Waals surface area contributed by atoms with Crippen molar-refractivity contribution < 1.29 is 9.53 Å².